The number of nitrogens with one attached hydrogen (secondary N) is 1. The molecule has 0 bridgehead atoms. The van der Waals surface area contributed by atoms with Crippen LogP contribution in [-0.4, -0.2) is 31.3 Å². The fraction of sp³-hybridized carbons (Fsp3) is 0.312. The van der Waals surface area contributed by atoms with Crippen LogP contribution in [0.4, 0.5) is 11.4 Å². The number of anilines is 1. The van der Waals surface area contributed by atoms with Gasteiger partial charge in [-0.05, 0) is 32.4 Å². The summed E-state index contributed by atoms with van der Waals surface area (Å²) in [4.78, 5) is 33.3. The first kappa shape index (κ1) is 19.4. The molecule has 0 fully saturated rings. The van der Waals surface area contributed by atoms with Gasteiger partial charge in [0.1, 0.15) is 5.02 Å². The van der Waals surface area contributed by atoms with Gasteiger partial charge in [0.15, 0.2) is 0 Å². The zero-order chi connectivity index (χ0) is 19.5. The molecule has 0 atom stereocenters. The third-order valence-electron chi connectivity index (χ3n) is 3.66. The number of carboxylic acids is 1. The van der Waals surface area contributed by atoms with E-state index in [1.54, 1.807) is 13.8 Å². The Morgan fingerprint density at radius 3 is 2.54 bits per heavy atom. The minimum Gasteiger partial charge on any atom is -0.481 e. The van der Waals surface area contributed by atoms with Crippen LogP contribution in [0.25, 0.3) is 5.69 Å². The summed E-state index contributed by atoms with van der Waals surface area (Å²) in [5.74, 6) is -0.919. The van der Waals surface area contributed by atoms with Crippen molar-refractivity contribution in [3.05, 3.63) is 56.0 Å². The van der Waals surface area contributed by atoms with E-state index in [0.717, 1.165) is 4.68 Å². The van der Waals surface area contributed by atoms with Gasteiger partial charge in [-0.25, -0.2) is 0 Å². The monoisotopic (exact) mass is 380 g/mol. The number of rotatable bonds is 7. The maximum atomic E-state index is 12.5. The number of non-ortho nitro benzene ring substituents is 1. The molecule has 2 rings (SSSR count). The van der Waals surface area contributed by atoms with Crippen LogP contribution >= 0.6 is 11.6 Å². The molecule has 0 unspecified atom stereocenters. The van der Waals surface area contributed by atoms with E-state index < -0.39 is 22.0 Å². The molecule has 0 aliphatic heterocycles. The summed E-state index contributed by atoms with van der Waals surface area (Å²) >= 11 is 6.14. The maximum absolute atomic E-state index is 12.5. The number of benzene rings is 1. The smallest absolute Gasteiger partial charge is 0.303 e. The quantitative estimate of drug-likeness (QED) is 0.558. The Hall–Kier alpha value is -2.94. The van der Waals surface area contributed by atoms with E-state index in [2.05, 4.69) is 10.4 Å². The van der Waals surface area contributed by atoms with Gasteiger partial charge in [-0.3, -0.25) is 19.7 Å². The molecule has 2 N–H and O–H groups in total. The second-order valence-electron chi connectivity index (χ2n) is 6.27. The lowest BCUT2D eigenvalue weighted by atomic mass is 9.98. The van der Waals surface area contributed by atoms with Crippen LogP contribution in [0, 0.1) is 10.1 Å². The summed E-state index contributed by atoms with van der Waals surface area (Å²) in [6.07, 6.45) is 1.64. The summed E-state index contributed by atoms with van der Waals surface area (Å²) in [6, 6.07) is 5.32. The molecule has 10 heteroatoms. The van der Waals surface area contributed by atoms with Gasteiger partial charge >= 0.3 is 5.97 Å². The first-order valence-corrected chi connectivity index (χ1v) is 8.01. The number of hydrogen-bond acceptors (Lipinski definition) is 6. The molecule has 26 heavy (non-hydrogen) atoms. The van der Waals surface area contributed by atoms with E-state index in [0.29, 0.717) is 12.1 Å². The number of carbonyl (C=O) groups is 1. The highest BCUT2D eigenvalue weighted by molar-refractivity contribution is 6.33. The van der Waals surface area contributed by atoms with Gasteiger partial charge in [0.2, 0.25) is 0 Å². The fourth-order valence-corrected chi connectivity index (χ4v) is 2.44. The van der Waals surface area contributed by atoms with Crippen LogP contribution in [0.15, 0.2) is 35.3 Å². The maximum Gasteiger partial charge on any atom is 0.303 e. The van der Waals surface area contributed by atoms with Gasteiger partial charge in [-0.2, -0.15) is 9.78 Å². The second-order valence-corrected chi connectivity index (χ2v) is 6.64. The Labute approximate surface area is 153 Å². The summed E-state index contributed by atoms with van der Waals surface area (Å²) in [7, 11) is 0. The van der Waals surface area contributed by atoms with Crippen LogP contribution < -0.4 is 10.9 Å². The molecule has 0 saturated heterocycles. The highest BCUT2D eigenvalue weighted by Crippen LogP contribution is 2.24. The van der Waals surface area contributed by atoms with E-state index in [1.165, 1.54) is 30.5 Å². The van der Waals surface area contributed by atoms with Gasteiger partial charge in [0, 0.05) is 24.1 Å². The van der Waals surface area contributed by atoms with Gasteiger partial charge in [-0.15, -0.1) is 0 Å². The third-order valence-corrected chi connectivity index (χ3v) is 4.03. The number of hydrogen-bond donors (Lipinski definition) is 2. The number of nitro benzene ring substituents is 1. The molecule has 9 nitrogen and oxygen atoms in total. The highest BCUT2D eigenvalue weighted by Gasteiger charge is 2.22. The van der Waals surface area contributed by atoms with Crippen molar-refractivity contribution >= 4 is 28.9 Å². The number of aromatic nitrogens is 2. The average molecular weight is 381 g/mol. The van der Waals surface area contributed by atoms with Crippen LogP contribution in [0.2, 0.25) is 5.02 Å². The molecule has 138 valence electrons. The van der Waals surface area contributed by atoms with Gasteiger partial charge in [0.05, 0.1) is 22.5 Å². The Morgan fingerprint density at radius 2 is 2.00 bits per heavy atom. The SMILES string of the molecule is CC(C)(CCC(=O)O)Nc1cnn(-c2ccc([N+](=O)[O-])cc2)c(=O)c1Cl. The molecule has 0 spiro atoms. The number of carboxylic acid groups (broad SMARTS) is 1. The first-order valence-electron chi connectivity index (χ1n) is 7.63. The summed E-state index contributed by atoms with van der Waals surface area (Å²) in [5, 5.41) is 26.4. The highest BCUT2D eigenvalue weighted by atomic mass is 35.5. The summed E-state index contributed by atoms with van der Waals surface area (Å²) in [5.41, 5.74) is -0.703. The van der Waals surface area contributed by atoms with Crippen molar-refractivity contribution in [2.45, 2.75) is 32.2 Å². The molecule has 0 saturated carbocycles. The predicted octanol–water partition coefficient (Wildman–Crippen LogP) is 2.85. The molecule has 0 amide bonds. The Bertz CT molecular complexity index is 893. The van der Waals surface area contributed by atoms with Crippen LogP contribution in [0.5, 0.6) is 0 Å². The zero-order valence-corrected chi connectivity index (χ0v) is 14.9. The molecular formula is C16H17ClN4O5. The molecule has 1 aromatic heterocycles. The Morgan fingerprint density at radius 1 is 1.38 bits per heavy atom. The van der Waals surface area contributed by atoms with Gasteiger partial charge in [-0.1, -0.05) is 11.6 Å². The fourth-order valence-electron chi connectivity index (χ4n) is 2.27. The lowest BCUT2D eigenvalue weighted by Crippen LogP contribution is -2.33. The van der Waals surface area contributed by atoms with Gasteiger partial charge < -0.3 is 10.4 Å². The van der Waals surface area contributed by atoms with E-state index in [9.17, 15) is 19.7 Å². The second kappa shape index (κ2) is 7.52. The van der Waals surface area contributed by atoms with Crippen molar-refractivity contribution in [3.63, 3.8) is 0 Å². The summed E-state index contributed by atoms with van der Waals surface area (Å²) < 4.78 is 1.03. The van der Waals surface area contributed by atoms with Crippen molar-refractivity contribution in [2.75, 3.05) is 5.32 Å². The summed E-state index contributed by atoms with van der Waals surface area (Å²) in [6.45, 7) is 3.57. The predicted molar refractivity (Wildman–Crippen MR) is 96.1 cm³/mol. The van der Waals surface area contributed by atoms with Crippen molar-refractivity contribution < 1.29 is 14.8 Å². The standard InChI is InChI=1S/C16H17ClN4O5/c1-16(2,8-7-13(22)23)19-12-9-18-20(15(24)14(12)17)10-3-5-11(6-4-10)21(25)26/h3-6,9,19H,7-8H2,1-2H3,(H,22,23). The Kier molecular flexibility index (Phi) is 5.61. The zero-order valence-electron chi connectivity index (χ0n) is 14.1. The van der Waals surface area contributed by atoms with E-state index in [-0.39, 0.29) is 22.8 Å². The largest absolute Gasteiger partial charge is 0.481 e. The minimum atomic E-state index is -0.919. The average Bonchev–Trinajstić information content (AvgIpc) is 2.57. The molecular weight excluding hydrogens is 364 g/mol. The number of nitrogens with zero attached hydrogens (tertiary/aromatic N) is 3. The Balaban J connectivity index is 2.29. The third kappa shape index (κ3) is 4.57. The molecule has 0 aliphatic carbocycles. The van der Waals surface area contributed by atoms with Crippen LogP contribution in [0.1, 0.15) is 26.7 Å². The number of nitro groups is 1. The van der Waals surface area contributed by atoms with E-state index >= 15 is 0 Å². The van der Waals surface area contributed by atoms with Crippen molar-refractivity contribution in [3.8, 4) is 5.69 Å². The van der Waals surface area contributed by atoms with Crippen molar-refractivity contribution in [1.29, 1.82) is 0 Å². The molecule has 0 radical (unpaired) electrons. The van der Waals surface area contributed by atoms with Crippen LogP contribution in [0.3, 0.4) is 0 Å². The number of aliphatic carboxylic acids is 1. The molecule has 1 heterocycles. The lowest BCUT2D eigenvalue weighted by molar-refractivity contribution is -0.384. The number of halogens is 1. The molecule has 2 aromatic rings. The van der Waals surface area contributed by atoms with Crippen molar-refractivity contribution in [2.24, 2.45) is 0 Å². The topological polar surface area (TPSA) is 127 Å². The van der Waals surface area contributed by atoms with Crippen LogP contribution in [-0.2, 0) is 4.79 Å². The molecule has 1 aromatic carbocycles. The minimum absolute atomic E-state index is 0.0368. The van der Waals surface area contributed by atoms with Crippen molar-refractivity contribution in [1.82, 2.24) is 9.78 Å². The first-order chi connectivity index (χ1) is 12.1. The van der Waals surface area contributed by atoms with E-state index in [1.807, 2.05) is 0 Å². The van der Waals surface area contributed by atoms with Gasteiger partial charge in [0.25, 0.3) is 11.2 Å². The van der Waals surface area contributed by atoms with E-state index in [4.69, 9.17) is 16.7 Å². The molecule has 0 aliphatic rings. The normalized spacial score (nSPS) is 11.2. The lowest BCUT2D eigenvalue weighted by Gasteiger charge is -2.27.